The molecule has 1 fully saturated rings. The fraction of sp³-hybridized carbons (Fsp3) is 0.471. The fourth-order valence-corrected chi connectivity index (χ4v) is 2.68. The number of nitrogens with zero attached hydrogens (tertiary/aromatic N) is 3. The fourth-order valence-electron chi connectivity index (χ4n) is 2.68. The first-order valence-corrected chi connectivity index (χ1v) is 8.02. The van der Waals surface area contributed by atoms with Crippen molar-refractivity contribution in [3.63, 3.8) is 0 Å². The van der Waals surface area contributed by atoms with E-state index in [2.05, 4.69) is 29.2 Å². The average molecular weight is 314 g/mol. The van der Waals surface area contributed by atoms with Crippen LogP contribution in [0.25, 0.3) is 0 Å². The largest absolute Gasteiger partial charge is 0.494 e. The molecule has 1 amide bonds. The molecule has 0 radical (unpaired) electrons. The predicted octanol–water partition coefficient (Wildman–Crippen LogP) is 3.39. The van der Waals surface area contributed by atoms with Crippen molar-refractivity contribution in [3.8, 4) is 5.75 Å². The number of methoxy groups -OCH3 is 1. The highest BCUT2D eigenvalue weighted by atomic mass is 16.5. The zero-order valence-corrected chi connectivity index (χ0v) is 13.7. The van der Waals surface area contributed by atoms with Crippen molar-refractivity contribution in [2.24, 2.45) is 0 Å². The molecule has 122 valence electrons. The second-order valence-electron chi connectivity index (χ2n) is 5.95. The Bertz CT molecular complexity index is 706. The summed E-state index contributed by atoms with van der Waals surface area (Å²) >= 11 is 0. The molecule has 1 N–H and O–H groups in total. The van der Waals surface area contributed by atoms with E-state index in [0.29, 0.717) is 29.0 Å². The van der Waals surface area contributed by atoms with Gasteiger partial charge in [-0.25, -0.2) is 0 Å². The van der Waals surface area contributed by atoms with Gasteiger partial charge < -0.3 is 10.1 Å². The number of pyridine rings is 1. The summed E-state index contributed by atoms with van der Waals surface area (Å²) in [4.78, 5) is 16.8. The Labute approximate surface area is 135 Å². The molecule has 1 unspecified atom stereocenters. The lowest BCUT2D eigenvalue weighted by molar-refractivity contribution is 0.102. The van der Waals surface area contributed by atoms with Crippen molar-refractivity contribution in [3.05, 3.63) is 35.9 Å². The Morgan fingerprint density at radius 3 is 2.91 bits per heavy atom. The molecule has 23 heavy (non-hydrogen) atoms. The number of nitrogens with one attached hydrogen (secondary N) is 1. The van der Waals surface area contributed by atoms with E-state index in [1.165, 1.54) is 0 Å². The molecule has 2 aromatic rings. The molecular weight excluding hydrogens is 292 g/mol. The Morgan fingerprint density at radius 1 is 1.48 bits per heavy atom. The maximum absolute atomic E-state index is 12.7. The number of hydrogen-bond acceptors (Lipinski definition) is 4. The van der Waals surface area contributed by atoms with Gasteiger partial charge in [0.2, 0.25) is 0 Å². The predicted molar refractivity (Wildman–Crippen MR) is 87.9 cm³/mol. The second kappa shape index (κ2) is 6.40. The highest BCUT2D eigenvalue weighted by molar-refractivity contribution is 6.05. The van der Waals surface area contributed by atoms with E-state index in [1.807, 2.05) is 4.68 Å². The first kappa shape index (κ1) is 15.5. The Hall–Kier alpha value is -2.37. The van der Waals surface area contributed by atoms with Gasteiger partial charge in [0.15, 0.2) is 0 Å². The summed E-state index contributed by atoms with van der Waals surface area (Å²) in [5.74, 6) is 0.881. The van der Waals surface area contributed by atoms with Crippen LogP contribution in [-0.4, -0.2) is 27.8 Å². The van der Waals surface area contributed by atoms with Crippen LogP contribution in [0.5, 0.6) is 5.75 Å². The van der Waals surface area contributed by atoms with Gasteiger partial charge in [0.1, 0.15) is 11.4 Å². The van der Waals surface area contributed by atoms with E-state index in [1.54, 1.807) is 31.8 Å². The molecule has 0 aliphatic heterocycles. The average Bonchev–Trinajstić information content (AvgIpc) is 3.32. The molecular formula is C17H22N4O2. The van der Waals surface area contributed by atoms with Crippen molar-refractivity contribution < 1.29 is 9.53 Å². The zero-order valence-electron chi connectivity index (χ0n) is 13.7. The number of hydrogen-bond donors (Lipinski definition) is 1. The van der Waals surface area contributed by atoms with Crippen LogP contribution in [0.3, 0.4) is 0 Å². The molecule has 2 heterocycles. The number of rotatable bonds is 6. The molecule has 6 nitrogen and oxygen atoms in total. The number of ether oxygens (including phenoxy) is 1. The SMILES string of the molecule is CCC(C)n1ncc(C(=O)Nc2cnccc2OC)c1C1CC1. The van der Waals surface area contributed by atoms with Crippen molar-refractivity contribution in [2.45, 2.75) is 45.1 Å². The van der Waals surface area contributed by atoms with Gasteiger partial charge in [-0.3, -0.25) is 14.5 Å². The van der Waals surface area contributed by atoms with Gasteiger partial charge in [-0.1, -0.05) is 6.92 Å². The standard InChI is InChI=1S/C17H22N4O2/c1-4-11(2)21-16(12-5-6-12)13(9-19-21)17(22)20-14-10-18-8-7-15(14)23-3/h7-12H,4-6H2,1-3H3,(H,20,22). The van der Waals surface area contributed by atoms with Gasteiger partial charge in [0.25, 0.3) is 5.91 Å². The van der Waals surface area contributed by atoms with Crippen LogP contribution in [0.1, 0.15) is 61.1 Å². The summed E-state index contributed by atoms with van der Waals surface area (Å²) in [6.07, 6.45) is 8.13. The summed E-state index contributed by atoms with van der Waals surface area (Å²) < 4.78 is 7.26. The lowest BCUT2D eigenvalue weighted by Crippen LogP contribution is -2.16. The third kappa shape index (κ3) is 3.06. The minimum absolute atomic E-state index is 0.159. The minimum atomic E-state index is -0.159. The first-order valence-electron chi connectivity index (χ1n) is 8.02. The Kier molecular flexibility index (Phi) is 4.32. The lowest BCUT2D eigenvalue weighted by Gasteiger charge is -2.15. The van der Waals surface area contributed by atoms with E-state index in [9.17, 15) is 4.79 Å². The van der Waals surface area contributed by atoms with Crippen LogP contribution < -0.4 is 10.1 Å². The number of anilines is 1. The maximum atomic E-state index is 12.7. The molecule has 1 aliphatic rings. The second-order valence-corrected chi connectivity index (χ2v) is 5.95. The van der Waals surface area contributed by atoms with Crippen molar-refractivity contribution in [1.29, 1.82) is 0 Å². The molecule has 0 aromatic carbocycles. The van der Waals surface area contributed by atoms with Crippen molar-refractivity contribution in [2.75, 3.05) is 12.4 Å². The lowest BCUT2D eigenvalue weighted by atomic mass is 10.1. The monoisotopic (exact) mass is 314 g/mol. The molecule has 2 aromatic heterocycles. The van der Waals surface area contributed by atoms with E-state index in [0.717, 1.165) is 25.0 Å². The highest BCUT2D eigenvalue weighted by Crippen LogP contribution is 2.43. The Morgan fingerprint density at radius 2 is 2.26 bits per heavy atom. The van der Waals surface area contributed by atoms with Crippen LogP contribution in [0, 0.1) is 0 Å². The van der Waals surface area contributed by atoms with Gasteiger partial charge in [0, 0.05) is 24.2 Å². The highest BCUT2D eigenvalue weighted by Gasteiger charge is 2.33. The third-order valence-electron chi connectivity index (χ3n) is 4.30. The van der Waals surface area contributed by atoms with Crippen LogP contribution in [0.4, 0.5) is 5.69 Å². The molecule has 0 spiro atoms. The third-order valence-corrected chi connectivity index (χ3v) is 4.30. The molecule has 1 atom stereocenters. The molecule has 0 saturated heterocycles. The summed E-state index contributed by atoms with van der Waals surface area (Å²) in [7, 11) is 1.57. The van der Waals surface area contributed by atoms with E-state index < -0.39 is 0 Å². The molecule has 3 rings (SSSR count). The summed E-state index contributed by atoms with van der Waals surface area (Å²) in [5, 5.41) is 7.35. The topological polar surface area (TPSA) is 69.0 Å². The Balaban J connectivity index is 1.89. The van der Waals surface area contributed by atoms with Gasteiger partial charge in [-0.2, -0.15) is 5.10 Å². The zero-order chi connectivity index (χ0) is 16.4. The van der Waals surface area contributed by atoms with Crippen molar-refractivity contribution >= 4 is 11.6 Å². The molecule has 6 heteroatoms. The number of carbonyl (C=O) groups is 1. The summed E-state index contributed by atoms with van der Waals surface area (Å²) in [6, 6.07) is 2.01. The number of aromatic nitrogens is 3. The molecule has 1 saturated carbocycles. The smallest absolute Gasteiger partial charge is 0.259 e. The van der Waals surface area contributed by atoms with Crippen LogP contribution >= 0.6 is 0 Å². The van der Waals surface area contributed by atoms with Crippen LogP contribution in [-0.2, 0) is 0 Å². The summed E-state index contributed by atoms with van der Waals surface area (Å²) in [5.41, 5.74) is 2.27. The minimum Gasteiger partial charge on any atom is -0.494 e. The molecule has 0 bridgehead atoms. The van der Waals surface area contributed by atoms with E-state index in [4.69, 9.17) is 4.74 Å². The van der Waals surface area contributed by atoms with E-state index in [-0.39, 0.29) is 5.91 Å². The molecule has 1 aliphatic carbocycles. The van der Waals surface area contributed by atoms with Gasteiger partial charge in [-0.15, -0.1) is 0 Å². The van der Waals surface area contributed by atoms with Crippen LogP contribution in [0.2, 0.25) is 0 Å². The van der Waals surface area contributed by atoms with Crippen molar-refractivity contribution in [1.82, 2.24) is 14.8 Å². The van der Waals surface area contributed by atoms with Crippen LogP contribution in [0.15, 0.2) is 24.7 Å². The quantitative estimate of drug-likeness (QED) is 0.887. The first-order chi connectivity index (χ1) is 11.2. The van der Waals surface area contributed by atoms with Gasteiger partial charge >= 0.3 is 0 Å². The van der Waals surface area contributed by atoms with E-state index >= 15 is 0 Å². The summed E-state index contributed by atoms with van der Waals surface area (Å²) in [6.45, 7) is 4.26. The number of amides is 1. The van der Waals surface area contributed by atoms with Gasteiger partial charge in [-0.05, 0) is 26.2 Å². The normalized spacial score (nSPS) is 15.3. The number of carbonyl (C=O) groups excluding carboxylic acids is 1. The maximum Gasteiger partial charge on any atom is 0.259 e. The van der Waals surface area contributed by atoms with Gasteiger partial charge in [0.05, 0.1) is 30.8 Å².